The third-order valence-corrected chi connectivity index (χ3v) is 3.63. The van der Waals surface area contributed by atoms with Crippen LogP contribution in [0.5, 0.6) is 5.75 Å². The molecule has 7 nitrogen and oxygen atoms in total. The molecule has 0 fully saturated rings. The predicted octanol–water partition coefficient (Wildman–Crippen LogP) is 4.09. The molecule has 7 heteroatoms. The molecule has 0 aliphatic rings. The Morgan fingerprint density at radius 3 is 2.73 bits per heavy atom. The van der Waals surface area contributed by atoms with E-state index in [-0.39, 0.29) is 0 Å². The number of anilines is 2. The zero-order valence-electron chi connectivity index (χ0n) is 14.1. The topological polar surface area (TPSA) is 88.9 Å². The van der Waals surface area contributed by atoms with Crippen LogP contribution in [-0.4, -0.2) is 20.2 Å². The summed E-state index contributed by atoms with van der Waals surface area (Å²) in [6.45, 7) is 2.20. The molecule has 0 bridgehead atoms. The summed E-state index contributed by atoms with van der Waals surface area (Å²) in [5.74, 6) is 3.40. The first kappa shape index (κ1) is 15.9. The van der Waals surface area contributed by atoms with Crippen LogP contribution in [0.15, 0.2) is 65.3 Å². The van der Waals surface area contributed by atoms with Gasteiger partial charge in [0.25, 0.3) is 0 Å². The molecule has 1 aromatic carbocycles. The fraction of sp³-hybridized carbons (Fsp3) is 0.105. The van der Waals surface area contributed by atoms with Crippen molar-refractivity contribution in [1.29, 1.82) is 0 Å². The average Bonchev–Trinajstić information content (AvgIpc) is 3.32. The number of benzene rings is 1. The molecule has 0 atom stereocenters. The Kier molecular flexibility index (Phi) is 4.34. The molecule has 0 amide bonds. The fourth-order valence-corrected chi connectivity index (χ4v) is 2.50. The van der Waals surface area contributed by atoms with Crippen molar-refractivity contribution in [1.82, 2.24) is 20.2 Å². The molecule has 0 saturated carbocycles. The van der Waals surface area contributed by atoms with Crippen LogP contribution in [-0.2, 0) is 6.61 Å². The minimum Gasteiger partial charge on any atom is -0.486 e. The minimum atomic E-state index is 0.290. The lowest BCUT2D eigenvalue weighted by molar-refractivity contribution is 0.295. The summed E-state index contributed by atoms with van der Waals surface area (Å²) in [7, 11) is 0. The number of aromatic nitrogens is 4. The predicted molar refractivity (Wildman–Crippen MR) is 97.1 cm³/mol. The van der Waals surface area contributed by atoms with Crippen molar-refractivity contribution in [3.8, 4) is 17.2 Å². The van der Waals surface area contributed by atoms with Gasteiger partial charge in [0.1, 0.15) is 23.9 Å². The van der Waals surface area contributed by atoms with Crippen LogP contribution in [0, 0.1) is 6.92 Å². The molecule has 0 aliphatic carbocycles. The highest BCUT2D eigenvalue weighted by atomic mass is 16.5. The number of furan rings is 1. The summed E-state index contributed by atoms with van der Waals surface area (Å²) in [4.78, 5) is 8.91. The summed E-state index contributed by atoms with van der Waals surface area (Å²) in [5.41, 5.74) is 1.63. The van der Waals surface area contributed by atoms with E-state index >= 15 is 0 Å². The molecule has 4 aromatic rings. The second-order valence-corrected chi connectivity index (χ2v) is 5.68. The Bertz CT molecular complexity index is 980. The Hall–Kier alpha value is -3.61. The number of para-hydroxylation sites is 1. The lowest BCUT2D eigenvalue weighted by Crippen LogP contribution is -2.05. The molecule has 130 valence electrons. The molecular weight excluding hydrogens is 330 g/mol. The first-order valence-electron chi connectivity index (χ1n) is 8.15. The number of hydrogen-bond acceptors (Lipinski definition) is 6. The van der Waals surface area contributed by atoms with Gasteiger partial charge in [0.2, 0.25) is 0 Å². The molecule has 2 N–H and O–H groups in total. The van der Waals surface area contributed by atoms with Crippen molar-refractivity contribution in [2.75, 3.05) is 5.32 Å². The molecular formula is C19H17N5O2. The number of H-pyrrole nitrogens is 1. The van der Waals surface area contributed by atoms with E-state index in [1.807, 2.05) is 61.5 Å². The SMILES string of the molecule is Cc1cc(Nc2cc(-c3ccco3)[nH]n2)nc(COc2ccccc2)n1. The molecule has 26 heavy (non-hydrogen) atoms. The number of ether oxygens (including phenoxy) is 1. The highest BCUT2D eigenvalue weighted by Crippen LogP contribution is 2.22. The van der Waals surface area contributed by atoms with Gasteiger partial charge in [-0.25, -0.2) is 9.97 Å². The van der Waals surface area contributed by atoms with Crippen molar-refractivity contribution in [3.63, 3.8) is 0 Å². The van der Waals surface area contributed by atoms with Crippen LogP contribution in [0.4, 0.5) is 11.6 Å². The van der Waals surface area contributed by atoms with Gasteiger partial charge in [-0.3, -0.25) is 5.10 Å². The number of nitrogens with zero attached hydrogens (tertiary/aromatic N) is 3. The maximum Gasteiger partial charge on any atom is 0.168 e. The summed E-state index contributed by atoms with van der Waals surface area (Å²) >= 11 is 0. The number of rotatable bonds is 6. The summed E-state index contributed by atoms with van der Waals surface area (Å²) in [6, 6.07) is 17.0. The van der Waals surface area contributed by atoms with Crippen molar-refractivity contribution >= 4 is 11.6 Å². The van der Waals surface area contributed by atoms with Gasteiger partial charge >= 0.3 is 0 Å². The third-order valence-electron chi connectivity index (χ3n) is 3.63. The first-order chi connectivity index (χ1) is 12.8. The van der Waals surface area contributed by atoms with Gasteiger partial charge < -0.3 is 14.5 Å². The van der Waals surface area contributed by atoms with E-state index in [1.54, 1.807) is 6.26 Å². The third kappa shape index (κ3) is 3.72. The van der Waals surface area contributed by atoms with Gasteiger partial charge in [-0.15, -0.1) is 0 Å². The Labute approximate surface area is 150 Å². The van der Waals surface area contributed by atoms with Gasteiger partial charge in [0, 0.05) is 17.8 Å². The van der Waals surface area contributed by atoms with E-state index in [0.29, 0.717) is 24.1 Å². The first-order valence-corrected chi connectivity index (χ1v) is 8.15. The second-order valence-electron chi connectivity index (χ2n) is 5.68. The molecule has 4 rings (SSSR count). The van der Waals surface area contributed by atoms with E-state index < -0.39 is 0 Å². The highest BCUT2D eigenvalue weighted by Gasteiger charge is 2.08. The van der Waals surface area contributed by atoms with Crippen molar-refractivity contribution < 1.29 is 9.15 Å². The van der Waals surface area contributed by atoms with Gasteiger partial charge in [-0.05, 0) is 31.2 Å². The van der Waals surface area contributed by atoms with Crippen molar-refractivity contribution in [2.45, 2.75) is 13.5 Å². The van der Waals surface area contributed by atoms with E-state index in [2.05, 4.69) is 25.5 Å². The number of hydrogen-bond donors (Lipinski definition) is 2. The molecule has 0 aliphatic heterocycles. The van der Waals surface area contributed by atoms with Crippen LogP contribution < -0.4 is 10.1 Å². The largest absolute Gasteiger partial charge is 0.486 e. The summed E-state index contributed by atoms with van der Waals surface area (Å²) in [5, 5.41) is 10.3. The second kappa shape index (κ2) is 7.10. The zero-order chi connectivity index (χ0) is 17.8. The van der Waals surface area contributed by atoms with Crippen LogP contribution in [0.1, 0.15) is 11.5 Å². The molecule has 0 saturated heterocycles. The molecule has 0 radical (unpaired) electrons. The lowest BCUT2D eigenvalue weighted by atomic mass is 10.3. The summed E-state index contributed by atoms with van der Waals surface area (Å²) in [6.07, 6.45) is 1.62. The van der Waals surface area contributed by atoms with Gasteiger partial charge in [-0.2, -0.15) is 5.10 Å². The fourth-order valence-electron chi connectivity index (χ4n) is 2.50. The number of aromatic amines is 1. The molecule has 3 heterocycles. The Morgan fingerprint density at radius 2 is 1.92 bits per heavy atom. The lowest BCUT2D eigenvalue weighted by Gasteiger charge is -2.08. The van der Waals surface area contributed by atoms with Gasteiger partial charge in [0.15, 0.2) is 17.4 Å². The molecule has 0 unspecified atom stereocenters. The standard InChI is InChI=1S/C19H17N5O2/c1-13-10-17(21-18-11-15(23-24-18)16-8-5-9-25-16)22-19(20-13)12-26-14-6-3-2-4-7-14/h2-11H,12H2,1H3,(H2,20,21,22,23,24). The minimum absolute atomic E-state index is 0.290. The van der Waals surface area contributed by atoms with E-state index in [4.69, 9.17) is 9.15 Å². The van der Waals surface area contributed by atoms with E-state index in [9.17, 15) is 0 Å². The monoisotopic (exact) mass is 347 g/mol. The highest BCUT2D eigenvalue weighted by molar-refractivity contribution is 5.61. The van der Waals surface area contributed by atoms with Crippen molar-refractivity contribution in [2.24, 2.45) is 0 Å². The summed E-state index contributed by atoms with van der Waals surface area (Å²) < 4.78 is 11.1. The van der Waals surface area contributed by atoms with Crippen LogP contribution in [0.25, 0.3) is 11.5 Å². The maximum atomic E-state index is 5.72. The normalized spacial score (nSPS) is 10.7. The van der Waals surface area contributed by atoms with Crippen molar-refractivity contribution in [3.05, 3.63) is 72.4 Å². The maximum absolute atomic E-state index is 5.72. The van der Waals surface area contributed by atoms with Crippen LogP contribution in [0.3, 0.4) is 0 Å². The van der Waals surface area contributed by atoms with Gasteiger partial charge in [0.05, 0.1) is 6.26 Å². The smallest absolute Gasteiger partial charge is 0.168 e. The van der Waals surface area contributed by atoms with E-state index in [1.165, 1.54) is 0 Å². The number of aryl methyl sites for hydroxylation is 1. The molecule has 3 aromatic heterocycles. The van der Waals surface area contributed by atoms with Crippen LogP contribution in [0.2, 0.25) is 0 Å². The quantitative estimate of drug-likeness (QED) is 0.546. The van der Waals surface area contributed by atoms with E-state index in [0.717, 1.165) is 22.9 Å². The van der Waals surface area contributed by atoms with Crippen LogP contribution >= 0.6 is 0 Å². The van der Waals surface area contributed by atoms with Gasteiger partial charge in [-0.1, -0.05) is 18.2 Å². The Balaban J connectivity index is 1.47. The zero-order valence-corrected chi connectivity index (χ0v) is 14.1. The molecule has 0 spiro atoms. The number of nitrogens with one attached hydrogen (secondary N) is 2. The Morgan fingerprint density at radius 1 is 1.04 bits per heavy atom. The average molecular weight is 347 g/mol.